The summed E-state index contributed by atoms with van der Waals surface area (Å²) >= 11 is 5.96. The number of benzene rings is 1. The SMILES string of the molecule is CC(c1ccc(Cl)cc1)n1nc2n(c1=O)C(C(=O)N1CCCC1)CCC2. The predicted octanol–water partition coefficient (Wildman–Crippen LogP) is 2.81. The van der Waals surface area contributed by atoms with Gasteiger partial charge in [-0.05, 0) is 50.3 Å². The van der Waals surface area contributed by atoms with Gasteiger partial charge in [0.25, 0.3) is 0 Å². The van der Waals surface area contributed by atoms with Crippen molar-refractivity contribution in [2.24, 2.45) is 0 Å². The molecule has 0 radical (unpaired) electrons. The van der Waals surface area contributed by atoms with Crippen LogP contribution in [0.5, 0.6) is 0 Å². The van der Waals surface area contributed by atoms with E-state index in [2.05, 4.69) is 5.10 Å². The fourth-order valence-corrected chi connectivity index (χ4v) is 4.15. The summed E-state index contributed by atoms with van der Waals surface area (Å²) in [4.78, 5) is 27.9. The second-order valence-electron chi connectivity index (χ2n) is 7.18. The lowest BCUT2D eigenvalue weighted by molar-refractivity contribution is -0.134. The van der Waals surface area contributed by atoms with Gasteiger partial charge in [0.2, 0.25) is 5.91 Å². The molecule has 2 aliphatic rings. The predicted molar refractivity (Wildman–Crippen MR) is 99.5 cm³/mol. The minimum absolute atomic E-state index is 0.0734. The van der Waals surface area contributed by atoms with Crippen LogP contribution in [0.2, 0.25) is 5.02 Å². The largest absolute Gasteiger partial charge is 0.347 e. The van der Waals surface area contributed by atoms with Crippen LogP contribution < -0.4 is 5.69 Å². The molecule has 4 rings (SSSR count). The number of hydrogen-bond donors (Lipinski definition) is 0. The number of amides is 1. The standard InChI is InChI=1S/C19H23ClN4O2/c1-13(14-7-9-15(20)10-8-14)24-19(26)23-16(5-4-6-17(23)21-24)18(25)22-11-2-3-12-22/h7-10,13,16H,2-6,11-12H2,1H3. The highest BCUT2D eigenvalue weighted by molar-refractivity contribution is 6.30. The Hall–Kier alpha value is -2.08. The zero-order valence-corrected chi connectivity index (χ0v) is 15.7. The Morgan fingerprint density at radius 3 is 2.58 bits per heavy atom. The molecule has 2 atom stereocenters. The monoisotopic (exact) mass is 374 g/mol. The van der Waals surface area contributed by atoms with Gasteiger partial charge in [0.1, 0.15) is 11.9 Å². The molecule has 138 valence electrons. The van der Waals surface area contributed by atoms with Gasteiger partial charge in [0, 0.05) is 24.5 Å². The highest BCUT2D eigenvalue weighted by Crippen LogP contribution is 2.27. The van der Waals surface area contributed by atoms with Gasteiger partial charge in [-0.15, -0.1) is 0 Å². The van der Waals surface area contributed by atoms with Crippen LogP contribution in [0, 0.1) is 0 Å². The van der Waals surface area contributed by atoms with Crippen molar-refractivity contribution >= 4 is 17.5 Å². The smallest absolute Gasteiger partial charge is 0.341 e. The maximum absolute atomic E-state index is 13.1. The zero-order chi connectivity index (χ0) is 18.3. The van der Waals surface area contributed by atoms with E-state index < -0.39 is 6.04 Å². The van der Waals surface area contributed by atoms with Gasteiger partial charge in [-0.25, -0.2) is 9.48 Å². The number of rotatable bonds is 3. The van der Waals surface area contributed by atoms with Crippen molar-refractivity contribution in [2.45, 2.75) is 51.1 Å². The number of likely N-dealkylation sites (tertiary alicyclic amines) is 1. The lowest BCUT2D eigenvalue weighted by atomic mass is 10.0. The number of fused-ring (bicyclic) bond motifs is 1. The molecular formula is C19H23ClN4O2. The lowest BCUT2D eigenvalue weighted by Crippen LogP contribution is -2.41. The van der Waals surface area contributed by atoms with Crippen molar-refractivity contribution in [3.05, 3.63) is 51.2 Å². The van der Waals surface area contributed by atoms with E-state index >= 15 is 0 Å². The van der Waals surface area contributed by atoms with E-state index in [1.54, 1.807) is 4.57 Å². The first kappa shape index (κ1) is 17.3. The Morgan fingerprint density at radius 1 is 1.19 bits per heavy atom. The number of halogens is 1. The van der Waals surface area contributed by atoms with Gasteiger partial charge in [-0.1, -0.05) is 23.7 Å². The van der Waals surface area contributed by atoms with Crippen molar-refractivity contribution in [3.8, 4) is 0 Å². The third kappa shape index (κ3) is 2.96. The van der Waals surface area contributed by atoms with Crippen molar-refractivity contribution < 1.29 is 4.79 Å². The average Bonchev–Trinajstić information content (AvgIpc) is 3.30. The van der Waals surface area contributed by atoms with Gasteiger partial charge in [0.15, 0.2) is 0 Å². The third-order valence-corrected chi connectivity index (χ3v) is 5.77. The summed E-state index contributed by atoms with van der Waals surface area (Å²) in [6.07, 6.45) is 4.43. The lowest BCUT2D eigenvalue weighted by Gasteiger charge is -2.27. The molecule has 0 N–H and O–H groups in total. The molecule has 6 nitrogen and oxygen atoms in total. The number of carbonyl (C=O) groups excluding carboxylic acids is 1. The minimum Gasteiger partial charge on any atom is -0.341 e. The second kappa shape index (κ2) is 6.91. The van der Waals surface area contributed by atoms with Gasteiger partial charge >= 0.3 is 5.69 Å². The quantitative estimate of drug-likeness (QED) is 0.830. The van der Waals surface area contributed by atoms with Gasteiger partial charge in [0.05, 0.1) is 6.04 Å². The Labute approximate surface area is 157 Å². The summed E-state index contributed by atoms with van der Waals surface area (Å²) in [5.74, 6) is 0.795. The fraction of sp³-hybridized carbons (Fsp3) is 0.526. The maximum Gasteiger partial charge on any atom is 0.347 e. The van der Waals surface area contributed by atoms with Crippen LogP contribution in [-0.4, -0.2) is 38.2 Å². The summed E-state index contributed by atoms with van der Waals surface area (Å²) in [5.41, 5.74) is 0.772. The summed E-state index contributed by atoms with van der Waals surface area (Å²) in [5, 5.41) is 5.23. The number of aromatic nitrogens is 3. The Balaban J connectivity index is 1.68. The summed E-state index contributed by atoms with van der Waals surface area (Å²) in [6.45, 7) is 3.55. The molecular weight excluding hydrogens is 352 g/mol. The Kier molecular flexibility index (Phi) is 4.61. The van der Waals surface area contributed by atoms with Gasteiger partial charge in [-0.2, -0.15) is 5.10 Å². The molecule has 1 aromatic carbocycles. The van der Waals surface area contributed by atoms with Crippen LogP contribution in [-0.2, 0) is 11.2 Å². The number of hydrogen-bond acceptors (Lipinski definition) is 3. The number of carbonyl (C=O) groups is 1. The molecule has 7 heteroatoms. The van der Waals surface area contributed by atoms with E-state index in [9.17, 15) is 9.59 Å². The van der Waals surface area contributed by atoms with Crippen molar-refractivity contribution in [2.75, 3.05) is 13.1 Å². The Bertz CT molecular complexity index is 865. The Morgan fingerprint density at radius 2 is 1.88 bits per heavy atom. The van der Waals surface area contributed by atoms with Crippen LogP contribution in [0.15, 0.2) is 29.1 Å². The molecule has 3 heterocycles. The molecule has 1 amide bonds. The molecule has 0 bridgehead atoms. The topological polar surface area (TPSA) is 60.1 Å². The molecule has 0 saturated carbocycles. The summed E-state index contributed by atoms with van der Waals surface area (Å²) < 4.78 is 3.14. The van der Waals surface area contributed by atoms with Crippen molar-refractivity contribution in [1.82, 2.24) is 19.2 Å². The van der Waals surface area contributed by atoms with Crippen molar-refractivity contribution in [1.29, 1.82) is 0 Å². The number of aryl methyl sites for hydroxylation is 1. The molecule has 1 fully saturated rings. The van der Waals surface area contributed by atoms with E-state index in [4.69, 9.17) is 11.6 Å². The molecule has 2 aliphatic heterocycles. The minimum atomic E-state index is -0.407. The maximum atomic E-state index is 13.1. The van der Waals surface area contributed by atoms with Gasteiger partial charge in [-0.3, -0.25) is 9.36 Å². The van der Waals surface area contributed by atoms with Crippen LogP contribution >= 0.6 is 11.6 Å². The second-order valence-corrected chi connectivity index (χ2v) is 7.62. The molecule has 1 aromatic heterocycles. The summed E-state index contributed by atoms with van der Waals surface area (Å²) in [6, 6.07) is 6.83. The fourth-order valence-electron chi connectivity index (χ4n) is 4.02. The molecule has 0 spiro atoms. The third-order valence-electron chi connectivity index (χ3n) is 5.51. The normalized spacial score (nSPS) is 20.8. The van der Waals surface area contributed by atoms with E-state index in [0.29, 0.717) is 11.4 Å². The number of nitrogens with zero attached hydrogens (tertiary/aromatic N) is 4. The molecule has 26 heavy (non-hydrogen) atoms. The summed E-state index contributed by atoms with van der Waals surface area (Å²) in [7, 11) is 0. The van der Waals surface area contributed by atoms with Crippen LogP contribution in [0.4, 0.5) is 0 Å². The van der Waals surface area contributed by atoms with Crippen molar-refractivity contribution in [3.63, 3.8) is 0 Å². The van der Waals surface area contributed by atoms with E-state index in [-0.39, 0.29) is 17.6 Å². The highest BCUT2D eigenvalue weighted by Gasteiger charge is 2.34. The van der Waals surface area contributed by atoms with Crippen LogP contribution in [0.3, 0.4) is 0 Å². The van der Waals surface area contributed by atoms with Gasteiger partial charge < -0.3 is 4.90 Å². The van der Waals surface area contributed by atoms with Crippen LogP contribution in [0.25, 0.3) is 0 Å². The first-order chi connectivity index (χ1) is 12.6. The van der Waals surface area contributed by atoms with E-state index in [0.717, 1.165) is 50.2 Å². The first-order valence-corrected chi connectivity index (χ1v) is 9.68. The van der Waals surface area contributed by atoms with E-state index in [1.165, 1.54) is 4.68 Å². The molecule has 2 aromatic rings. The average molecular weight is 375 g/mol. The molecule has 1 saturated heterocycles. The zero-order valence-electron chi connectivity index (χ0n) is 14.9. The molecule has 2 unspecified atom stereocenters. The van der Waals surface area contributed by atoms with Crippen LogP contribution in [0.1, 0.15) is 56.1 Å². The molecule has 0 aliphatic carbocycles. The van der Waals surface area contributed by atoms with E-state index in [1.807, 2.05) is 36.1 Å². The highest BCUT2D eigenvalue weighted by atomic mass is 35.5. The first-order valence-electron chi connectivity index (χ1n) is 9.30.